The fraction of sp³-hybridized carbons (Fsp3) is 0.438. The molecular weight excluding hydrogens is 294 g/mol. The van der Waals surface area contributed by atoms with Gasteiger partial charge in [-0.15, -0.1) is 0 Å². The average Bonchev–Trinajstić information content (AvgIpc) is 3.22. The van der Waals surface area contributed by atoms with Crippen LogP contribution in [0.2, 0.25) is 0 Å². The molecule has 23 heavy (non-hydrogen) atoms. The van der Waals surface area contributed by atoms with E-state index in [0.717, 1.165) is 24.7 Å². The molecule has 0 spiro atoms. The Balaban J connectivity index is 1.60. The van der Waals surface area contributed by atoms with Crippen LogP contribution in [0.15, 0.2) is 35.2 Å². The Morgan fingerprint density at radius 2 is 2.39 bits per heavy atom. The zero-order valence-electron chi connectivity index (χ0n) is 12.9. The molecule has 1 aliphatic rings. The van der Waals surface area contributed by atoms with Gasteiger partial charge in [0, 0.05) is 32.0 Å². The zero-order valence-corrected chi connectivity index (χ0v) is 12.9. The lowest BCUT2D eigenvalue weighted by Gasteiger charge is -2.29. The molecule has 3 rings (SSSR count). The number of carbonyl (C=O) groups is 1. The van der Waals surface area contributed by atoms with E-state index in [-0.39, 0.29) is 5.91 Å². The van der Waals surface area contributed by atoms with Gasteiger partial charge in [-0.25, -0.2) is 4.98 Å². The summed E-state index contributed by atoms with van der Waals surface area (Å²) in [6.07, 6.45) is 5.66. The van der Waals surface area contributed by atoms with Gasteiger partial charge in [0.2, 0.25) is 5.91 Å². The van der Waals surface area contributed by atoms with Gasteiger partial charge in [-0.3, -0.25) is 9.69 Å². The molecule has 0 saturated heterocycles. The Kier molecular flexibility index (Phi) is 4.74. The van der Waals surface area contributed by atoms with Gasteiger partial charge >= 0.3 is 0 Å². The molecular formula is C16H19N5O2. The maximum absolute atomic E-state index is 12.6. The summed E-state index contributed by atoms with van der Waals surface area (Å²) in [5.41, 5.74) is 0. The molecule has 1 aliphatic heterocycles. The van der Waals surface area contributed by atoms with Crippen LogP contribution >= 0.6 is 0 Å². The maximum Gasteiger partial charge on any atom is 0.237 e. The summed E-state index contributed by atoms with van der Waals surface area (Å²) in [6.45, 7) is 3.49. The van der Waals surface area contributed by atoms with E-state index in [1.165, 1.54) is 0 Å². The highest BCUT2D eigenvalue weighted by Gasteiger charge is 2.22. The number of nitrogens with zero attached hydrogens (tertiary/aromatic N) is 5. The summed E-state index contributed by atoms with van der Waals surface area (Å²) in [7, 11) is 0. The van der Waals surface area contributed by atoms with Crippen molar-refractivity contribution in [3.05, 3.63) is 42.4 Å². The molecule has 2 aromatic heterocycles. The first-order chi connectivity index (χ1) is 11.3. The van der Waals surface area contributed by atoms with E-state index in [2.05, 4.69) is 20.5 Å². The summed E-state index contributed by atoms with van der Waals surface area (Å²) in [5, 5.41) is 8.80. The minimum Gasteiger partial charge on any atom is -0.467 e. The monoisotopic (exact) mass is 313 g/mol. The van der Waals surface area contributed by atoms with Gasteiger partial charge in [0.15, 0.2) is 0 Å². The van der Waals surface area contributed by atoms with Crippen LogP contribution < -0.4 is 0 Å². The smallest absolute Gasteiger partial charge is 0.237 e. The maximum atomic E-state index is 12.6. The molecule has 3 heterocycles. The van der Waals surface area contributed by atoms with Crippen LogP contribution in [0.1, 0.15) is 18.0 Å². The summed E-state index contributed by atoms with van der Waals surface area (Å²) < 4.78 is 7.42. The van der Waals surface area contributed by atoms with Gasteiger partial charge < -0.3 is 13.9 Å². The van der Waals surface area contributed by atoms with Gasteiger partial charge in [-0.2, -0.15) is 5.26 Å². The minimum absolute atomic E-state index is 0.0108. The van der Waals surface area contributed by atoms with E-state index in [4.69, 9.17) is 9.68 Å². The number of furan rings is 1. The topological polar surface area (TPSA) is 78.3 Å². The number of hydrogen-bond donors (Lipinski definition) is 0. The predicted octanol–water partition coefficient (Wildman–Crippen LogP) is 1.23. The van der Waals surface area contributed by atoms with Crippen LogP contribution in [0.4, 0.5) is 0 Å². The standard InChI is InChI=1S/C16H19N5O2/c17-4-2-6-21(11-14-3-1-10-23-14)16(22)13-19-8-9-20-7-5-18-15(20)12-19/h1,3,5,7,10H,2,6,8-9,11-13H2. The molecule has 120 valence electrons. The minimum atomic E-state index is 0.0108. The van der Waals surface area contributed by atoms with Crippen LogP contribution in [0.3, 0.4) is 0 Å². The molecule has 0 N–H and O–H groups in total. The highest BCUT2D eigenvalue weighted by Crippen LogP contribution is 2.12. The van der Waals surface area contributed by atoms with Crippen LogP contribution in [0.25, 0.3) is 0 Å². The number of aromatic nitrogens is 2. The van der Waals surface area contributed by atoms with Gasteiger partial charge in [-0.1, -0.05) is 0 Å². The van der Waals surface area contributed by atoms with Crippen molar-refractivity contribution in [3.8, 4) is 6.07 Å². The molecule has 0 bridgehead atoms. The normalized spacial score (nSPS) is 14.2. The number of fused-ring (bicyclic) bond motifs is 1. The molecule has 2 aromatic rings. The number of rotatable bonds is 6. The lowest BCUT2D eigenvalue weighted by Crippen LogP contribution is -2.43. The first kappa shape index (κ1) is 15.3. The van der Waals surface area contributed by atoms with Gasteiger partial charge in [0.1, 0.15) is 11.6 Å². The fourth-order valence-corrected chi connectivity index (χ4v) is 2.72. The SMILES string of the molecule is N#CCCN(Cc1ccco1)C(=O)CN1CCn2ccnc2C1. The molecule has 0 aromatic carbocycles. The van der Waals surface area contributed by atoms with E-state index < -0.39 is 0 Å². The lowest BCUT2D eigenvalue weighted by molar-refractivity contribution is -0.133. The van der Waals surface area contributed by atoms with Crippen molar-refractivity contribution in [2.24, 2.45) is 0 Å². The van der Waals surface area contributed by atoms with Crippen LogP contribution in [-0.4, -0.2) is 44.9 Å². The van der Waals surface area contributed by atoms with E-state index in [1.807, 2.05) is 12.3 Å². The molecule has 7 heteroatoms. The van der Waals surface area contributed by atoms with E-state index in [0.29, 0.717) is 32.6 Å². The molecule has 0 saturated carbocycles. The van der Waals surface area contributed by atoms with Crippen molar-refractivity contribution < 1.29 is 9.21 Å². The molecule has 0 aliphatic carbocycles. The van der Waals surface area contributed by atoms with Crippen LogP contribution in [0.5, 0.6) is 0 Å². The Labute approximate surface area is 134 Å². The Morgan fingerprint density at radius 3 is 3.17 bits per heavy atom. The third kappa shape index (κ3) is 3.79. The first-order valence-electron chi connectivity index (χ1n) is 7.66. The zero-order chi connectivity index (χ0) is 16.1. The van der Waals surface area contributed by atoms with E-state index >= 15 is 0 Å². The molecule has 0 unspecified atom stereocenters. The molecule has 0 fully saturated rings. The molecule has 7 nitrogen and oxygen atoms in total. The second-order valence-corrected chi connectivity index (χ2v) is 5.55. The summed E-state index contributed by atoms with van der Waals surface area (Å²) >= 11 is 0. The fourth-order valence-electron chi connectivity index (χ4n) is 2.72. The van der Waals surface area contributed by atoms with Crippen LogP contribution in [-0.2, 0) is 24.4 Å². The van der Waals surface area contributed by atoms with Gasteiger partial charge in [-0.05, 0) is 12.1 Å². The van der Waals surface area contributed by atoms with Crippen LogP contribution in [0, 0.1) is 11.3 Å². The number of imidazole rings is 1. The highest BCUT2D eigenvalue weighted by molar-refractivity contribution is 5.78. The molecule has 0 atom stereocenters. The second-order valence-electron chi connectivity index (χ2n) is 5.55. The Hall–Kier alpha value is -2.59. The van der Waals surface area contributed by atoms with Crippen molar-refractivity contribution in [1.29, 1.82) is 5.26 Å². The van der Waals surface area contributed by atoms with Crippen molar-refractivity contribution >= 4 is 5.91 Å². The average molecular weight is 313 g/mol. The molecule has 1 amide bonds. The summed E-state index contributed by atoms with van der Waals surface area (Å²) in [5.74, 6) is 1.72. The Bertz CT molecular complexity index is 686. The van der Waals surface area contributed by atoms with E-state index in [1.54, 1.807) is 23.4 Å². The third-order valence-electron chi connectivity index (χ3n) is 3.96. The second kappa shape index (κ2) is 7.11. The van der Waals surface area contributed by atoms with Crippen molar-refractivity contribution in [1.82, 2.24) is 19.4 Å². The third-order valence-corrected chi connectivity index (χ3v) is 3.96. The number of amides is 1. The Morgan fingerprint density at radius 1 is 1.48 bits per heavy atom. The van der Waals surface area contributed by atoms with Crippen molar-refractivity contribution in [2.45, 2.75) is 26.1 Å². The lowest BCUT2D eigenvalue weighted by atomic mass is 10.3. The van der Waals surface area contributed by atoms with Gasteiger partial charge in [0.25, 0.3) is 0 Å². The quantitative estimate of drug-likeness (QED) is 0.801. The number of nitriles is 1. The van der Waals surface area contributed by atoms with Gasteiger partial charge in [0.05, 0.1) is 38.4 Å². The first-order valence-corrected chi connectivity index (χ1v) is 7.66. The summed E-state index contributed by atoms with van der Waals surface area (Å²) in [6, 6.07) is 5.73. The van der Waals surface area contributed by atoms with Crippen molar-refractivity contribution in [3.63, 3.8) is 0 Å². The summed E-state index contributed by atoms with van der Waals surface area (Å²) in [4.78, 5) is 20.7. The number of carbonyl (C=O) groups excluding carboxylic acids is 1. The molecule has 0 radical (unpaired) electrons. The van der Waals surface area contributed by atoms with Crippen molar-refractivity contribution in [2.75, 3.05) is 19.6 Å². The number of hydrogen-bond acceptors (Lipinski definition) is 5. The highest BCUT2D eigenvalue weighted by atomic mass is 16.3. The predicted molar refractivity (Wildman–Crippen MR) is 81.9 cm³/mol. The van der Waals surface area contributed by atoms with E-state index in [9.17, 15) is 4.79 Å². The largest absolute Gasteiger partial charge is 0.467 e.